The van der Waals surface area contributed by atoms with E-state index in [1.54, 1.807) is 6.92 Å². The SMILES string of the molecule is C[C@@H]1C[C@H](O)C2=C(CO)C(=O)O/C2=C/C(C)(C)CCC1(C)O. The molecule has 5 nitrogen and oxygen atoms in total. The van der Waals surface area contributed by atoms with Gasteiger partial charge >= 0.3 is 5.97 Å². The molecule has 0 aromatic carbocycles. The molecule has 0 radical (unpaired) electrons. The Balaban J connectivity index is 2.52. The molecule has 22 heavy (non-hydrogen) atoms. The van der Waals surface area contributed by atoms with Gasteiger partial charge in [-0.1, -0.05) is 20.8 Å². The van der Waals surface area contributed by atoms with Crippen LogP contribution in [0.15, 0.2) is 23.0 Å². The van der Waals surface area contributed by atoms with Crippen LogP contribution in [-0.2, 0) is 9.53 Å². The van der Waals surface area contributed by atoms with Crippen LogP contribution in [0.2, 0.25) is 0 Å². The van der Waals surface area contributed by atoms with Gasteiger partial charge in [-0.3, -0.25) is 0 Å². The van der Waals surface area contributed by atoms with Gasteiger partial charge in [0.05, 0.1) is 23.9 Å². The van der Waals surface area contributed by atoms with Crippen LogP contribution in [0.25, 0.3) is 0 Å². The maximum absolute atomic E-state index is 11.9. The summed E-state index contributed by atoms with van der Waals surface area (Å²) in [5, 5.41) is 30.6. The highest BCUT2D eigenvalue weighted by atomic mass is 16.5. The molecule has 1 aliphatic heterocycles. The third-order valence-corrected chi connectivity index (χ3v) is 4.97. The van der Waals surface area contributed by atoms with Crippen molar-refractivity contribution in [3.8, 4) is 0 Å². The van der Waals surface area contributed by atoms with Crippen molar-refractivity contribution in [1.29, 1.82) is 0 Å². The summed E-state index contributed by atoms with van der Waals surface area (Å²) in [5.41, 5.74) is -0.716. The number of aliphatic hydroxyl groups is 3. The lowest BCUT2D eigenvalue weighted by molar-refractivity contribution is -0.133. The number of allylic oxidation sites excluding steroid dienone is 1. The molecule has 2 aliphatic rings. The molecule has 0 aromatic rings. The van der Waals surface area contributed by atoms with E-state index in [1.807, 2.05) is 26.8 Å². The fourth-order valence-electron chi connectivity index (χ4n) is 3.05. The third-order valence-electron chi connectivity index (χ3n) is 4.97. The van der Waals surface area contributed by atoms with Gasteiger partial charge in [0, 0.05) is 5.57 Å². The zero-order chi connectivity index (χ0) is 16.7. The minimum atomic E-state index is -0.949. The first kappa shape index (κ1) is 17.2. The fraction of sp³-hybridized carbons (Fsp3) is 0.706. The maximum atomic E-state index is 11.9. The molecular weight excluding hydrogens is 284 g/mol. The monoisotopic (exact) mass is 310 g/mol. The Morgan fingerprint density at radius 2 is 1.95 bits per heavy atom. The predicted molar refractivity (Wildman–Crippen MR) is 81.7 cm³/mol. The molecular formula is C17H26O5. The molecule has 0 bridgehead atoms. The summed E-state index contributed by atoms with van der Waals surface area (Å²) in [4.78, 5) is 11.9. The van der Waals surface area contributed by atoms with Gasteiger partial charge in [0.25, 0.3) is 0 Å². The van der Waals surface area contributed by atoms with Gasteiger partial charge in [0.15, 0.2) is 0 Å². The van der Waals surface area contributed by atoms with Crippen molar-refractivity contribution >= 4 is 5.97 Å². The molecule has 0 saturated carbocycles. The van der Waals surface area contributed by atoms with Crippen molar-refractivity contribution < 1.29 is 24.9 Å². The van der Waals surface area contributed by atoms with Crippen LogP contribution in [0.5, 0.6) is 0 Å². The maximum Gasteiger partial charge on any atom is 0.342 e. The summed E-state index contributed by atoms with van der Waals surface area (Å²) in [6, 6.07) is 0. The van der Waals surface area contributed by atoms with E-state index in [9.17, 15) is 20.1 Å². The van der Waals surface area contributed by atoms with Crippen LogP contribution in [0.3, 0.4) is 0 Å². The van der Waals surface area contributed by atoms with E-state index in [1.165, 1.54) is 0 Å². The zero-order valence-corrected chi connectivity index (χ0v) is 13.7. The van der Waals surface area contributed by atoms with E-state index < -0.39 is 24.3 Å². The van der Waals surface area contributed by atoms with Crippen molar-refractivity contribution in [2.75, 3.05) is 6.61 Å². The lowest BCUT2D eigenvalue weighted by Crippen LogP contribution is -2.37. The molecule has 1 unspecified atom stereocenters. The summed E-state index contributed by atoms with van der Waals surface area (Å²) < 4.78 is 5.26. The van der Waals surface area contributed by atoms with Gasteiger partial charge in [-0.2, -0.15) is 0 Å². The largest absolute Gasteiger partial charge is 0.423 e. The van der Waals surface area contributed by atoms with Gasteiger partial charge in [-0.05, 0) is 43.6 Å². The molecule has 1 heterocycles. The average molecular weight is 310 g/mol. The quantitative estimate of drug-likeness (QED) is 0.641. The Morgan fingerprint density at radius 3 is 2.55 bits per heavy atom. The third kappa shape index (κ3) is 3.26. The summed E-state index contributed by atoms with van der Waals surface area (Å²) in [7, 11) is 0. The molecule has 1 aliphatic carbocycles. The van der Waals surface area contributed by atoms with E-state index in [4.69, 9.17) is 4.74 Å². The van der Waals surface area contributed by atoms with Crippen LogP contribution in [0.4, 0.5) is 0 Å². The van der Waals surface area contributed by atoms with E-state index in [2.05, 4.69) is 0 Å². The number of rotatable bonds is 1. The number of ether oxygens (including phenoxy) is 1. The van der Waals surface area contributed by atoms with Gasteiger partial charge < -0.3 is 20.1 Å². The Morgan fingerprint density at radius 1 is 1.32 bits per heavy atom. The van der Waals surface area contributed by atoms with E-state index in [-0.39, 0.29) is 16.9 Å². The van der Waals surface area contributed by atoms with E-state index in [0.29, 0.717) is 24.2 Å². The van der Waals surface area contributed by atoms with Gasteiger partial charge in [-0.25, -0.2) is 4.79 Å². The van der Waals surface area contributed by atoms with Crippen molar-refractivity contribution in [1.82, 2.24) is 0 Å². The fourth-order valence-corrected chi connectivity index (χ4v) is 3.05. The van der Waals surface area contributed by atoms with Gasteiger partial charge in [-0.15, -0.1) is 0 Å². The lowest BCUT2D eigenvalue weighted by Gasteiger charge is -2.36. The van der Waals surface area contributed by atoms with Crippen molar-refractivity contribution in [2.24, 2.45) is 11.3 Å². The molecule has 124 valence electrons. The van der Waals surface area contributed by atoms with Crippen LogP contribution >= 0.6 is 0 Å². The zero-order valence-electron chi connectivity index (χ0n) is 13.7. The molecule has 0 fully saturated rings. The number of hydrogen-bond acceptors (Lipinski definition) is 5. The molecule has 0 aromatic heterocycles. The standard InChI is InChI=1S/C17H26O5/c1-10-7-12(19)14-11(9-18)15(20)22-13(14)8-16(2,3)5-6-17(10,4)21/h8,10,12,18-19,21H,5-7,9H2,1-4H3/b13-8+/t10-,12+,17?/m1/s1. The minimum absolute atomic E-state index is 0.113. The molecule has 2 rings (SSSR count). The summed E-state index contributed by atoms with van der Waals surface area (Å²) in [5.74, 6) is -0.404. The first-order valence-corrected chi connectivity index (χ1v) is 7.77. The predicted octanol–water partition coefficient (Wildman–Crippen LogP) is 1.67. The number of hydrogen-bond donors (Lipinski definition) is 3. The van der Waals surface area contributed by atoms with Crippen LogP contribution in [-0.4, -0.2) is 39.6 Å². The van der Waals surface area contributed by atoms with E-state index in [0.717, 1.165) is 6.42 Å². The minimum Gasteiger partial charge on any atom is -0.423 e. The highest BCUT2D eigenvalue weighted by Gasteiger charge is 2.39. The summed E-state index contributed by atoms with van der Waals surface area (Å²) >= 11 is 0. The second-order valence-electron chi connectivity index (χ2n) is 7.45. The number of carbonyl (C=O) groups excluding carboxylic acids is 1. The number of carbonyl (C=O) groups is 1. The lowest BCUT2D eigenvalue weighted by atomic mass is 9.75. The summed E-state index contributed by atoms with van der Waals surface area (Å²) in [6.45, 7) is 7.20. The molecule has 5 heteroatoms. The van der Waals surface area contributed by atoms with Crippen molar-refractivity contribution in [2.45, 2.75) is 58.7 Å². The van der Waals surface area contributed by atoms with Crippen LogP contribution in [0, 0.1) is 11.3 Å². The van der Waals surface area contributed by atoms with Crippen molar-refractivity contribution in [3.63, 3.8) is 0 Å². The Hall–Kier alpha value is -1.17. The Kier molecular flexibility index (Phi) is 4.53. The van der Waals surface area contributed by atoms with Gasteiger partial charge in [0.1, 0.15) is 5.76 Å². The normalized spacial score (nSPS) is 38.1. The first-order valence-electron chi connectivity index (χ1n) is 7.77. The van der Waals surface area contributed by atoms with Crippen LogP contribution < -0.4 is 0 Å². The number of fused-ring (bicyclic) bond motifs is 1. The highest BCUT2D eigenvalue weighted by Crippen LogP contribution is 2.40. The van der Waals surface area contributed by atoms with E-state index >= 15 is 0 Å². The van der Waals surface area contributed by atoms with Gasteiger partial charge in [0.2, 0.25) is 0 Å². The number of aliphatic hydroxyl groups excluding tert-OH is 2. The van der Waals surface area contributed by atoms with Crippen LogP contribution in [0.1, 0.15) is 47.0 Å². The molecule has 3 N–H and O–H groups in total. The molecule has 0 saturated heterocycles. The second kappa shape index (κ2) is 5.80. The highest BCUT2D eigenvalue weighted by molar-refractivity contribution is 5.95. The Bertz CT molecular complexity index is 527. The smallest absolute Gasteiger partial charge is 0.342 e. The Labute approximate surface area is 131 Å². The molecule has 0 spiro atoms. The average Bonchev–Trinajstić information content (AvgIpc) is 2.70. The first-order chi connectivity index (χ1) is 10.1. The second-order valence-corrected chi connectivity index (χ2v) is 7.45. The number of esters is 1. The molecule has 3 atom stereocenters. The summed E-state index contributed by atoms with van der Waals surface area (Å²) in [6.07, 6.45) is 2.49. The van der Waals surface area contributed by atoms with Crippen molar-refractivity contribution in [3.05, 3.63) is 23.0 Å². The molecule has 0 amide bonds. The topological polar surface area (TPSA) is 87.0 Å².